The Balaban J connectivity index is 2.93. The number of aromatic carboxylic acids is 1. The number of carboxylic acid groups (broad SMARTS) is 1. The molecule has 0 saturated carbocycles. The fourth-order valence-electron chi connectivity index (χ4n) is 1.67. The Morgan fingerprint density at radius 2 is 2.11 bits per heavy atom. The van der Waals surface area contributed by atoms with Gasteiger partial charge in [0.2, 0.25) is 0 Å². The Kier molecular flexibility index (Phi) is 2.84. The predicted molar refractivity (Wildman–Crippen MR) is 59.6 cm³/mol. The molecule has 0 bridgehead atoms. The van der Waals surface area contributed by atoms with Crippen LogP contribution < -0.4 is 0 Å². The molecule has 0 aliphatic carbocycles. The zero-order valence-electron chi connectivity index (χ0n) is 8.92. The van der Waals surface area contributed by atoms with E-state index in [9.17, 15) is 18.0 Å². The number of imidazole rings is 1. The number of hydrogen-bond donors (Lipinski definition) is 1. The molecule has 2 aromatic rings. The Morgan fingerprint density at radius 3 is 2.61 bits per heavy atom. The van der Waals surface area contributed by atoms with Gasteiger partial charge in [-0.2, -0.15) is 13.2 Å². The van der Waals surface area contributed by atoms with Crippen molar-refractivity contribution in [3.8, 4) is 0 Å². The first kappa shape index (κ1) is 12.9. The first-order valence-electron chi connectivity index (χ1n) is 4.70. The lowest BCUT2D eigenvalue weighted by atomic mass is 10.3. The molecule has 0 aromatic carbocycles. The Hall–Kier alpha value is -1.57. The lowest BCUT2D eigenvalue weighted by molar-refractivity contribution is -0.141. The summed E-state index contributed by atoms with van der Waals surface area (Å²) in [6, 6.07) is 1.56. The zero-order valence-corrected chi connectivity index (χ0v) is 10.5. The van der Waals surface area contributed by atoms with Crippen molar-refractivity contribution in [2.75, 3.05) is 0 Å². The quantitative estimate of drug-likeness (QED) is 0.877. The molecule has 0 spiro atoms. The summed E-state index contributed by atoms with van der Waals surface area (Å²) < 4.78 is 39.6. The SMILES string of the molecule is Cc1cc(Br)cn2c(C(=O)O)c(C(F)(F)F)nc12. The molecular formula is C10H6BrF3N2O2. The molecule has 2 rings (SSSR count). The highest BCUT2D eigenvalue weighted by molar-refractivity contribution is 9.10. The molecule has 2 aromatic heterocycles. The molecule has 4 nitrogen and oxygen atoms in total. The number of nitrogens with zero attached hydrogens (tertiary/aromatic N) is 2. The number of pyridine rings is 1. The first-order valence-corrected chi connectivity index (χ1v) is 5.50. The van der Waals surface area contributed by atoms with E-state index in [0.29, 0.717) is 10.0 Å². The van der Waals surface area contributed by atoms with Crippen LogP contribution in [0, 0.1) is 6.92 Å². The summed E-state index contributed by atoms with van der Waals surface area (Å²) in [6.45, 7) is 1.55. The molecule has 0 atom stereocenters. The molecular weight excluding hydrogens is 317 g/mol. The maximum Gasteiger partial charge on any atom is 0.435 e. The Morgan fingerprint density at radius 1 is 1.50 bits per heavy atom. The van der Waals surface area contributed by atoms with Crippen LogP contribution in [0.1, 0.15) is 21.7 Å². The number of rotatable bonds is 1. The lowest BCUT2D eigenvalue weighted by Crippen LogP contribution is -2.13. The minimum atomic E-state index is -4.81. The molecule has 0 unspecified atom stereocenters. The summed E-state index contributed by atoms with van der Waals surface area (Å²) in [6.07, 6.45) is -3.56. The van der Waals surface area contributed by atoms with Gasteiger partial charge in [-0.05, 0) is 34.5 Å². The number of fused-ring (bicyclic) bond motifs is 1. The summed E-state index contributed by atoms with van der Waals surface area (Å²) in [7, 11) is 0. The van der Waals surface area contributed by atoms with Crippen LogP contribution in [0.4, 0.5) is 13.2 Å². The van der Waals surface area contributed by atoms with Crippen molar-refractivity contribution >= 4 is 27.5 Å². The second kappa shape index (κ2) is 3.98. The molecule has 0 amide bonds. The van der Waals surface area contributed by atoms with E-state index in [1.54, 1.807) is 13.0 Å². The summed E-state index contributed by atoms with van der Waals surface area (Å²) >= 11 is 3.10. The Bertz CT molecular complexity index is 649. The van der Waals surface area contributed by atoms with Crippen molar-refractivity contribution in [2.24, 2.45) is 0 Å². The lowest BCUT2D eigenvalue weighted by Gasteiger charge is -2.04. The first-order chi connectivity index (χ1) is 8.21. The number of aromatic nitrogens is 2. The normalized spacial score (nSPS) is 12.1. The van der Waals surface area contributed by atoms with E-state index >= 15 is 0 Å². The maximum atomic E-state index is 12.7. The van der Waals surface area contributed by atoms with Crippen LogP contribution >= 0.6 is 15.9 Å². The van der Waals surface area contributed by atoms with Gasteiger partial charge in [0.15, 0.2) is 11.4 Å². The average molecular weight is 323 g/mol. The van der Waals surface area contributed by atoms with Gasteiger partial charge in [-0.15, -0.1) is 0 Å². The number of aryl methyl sites for hydroxylation is 1. The van der Waals surface area contributed by atoms with Gasteiger partial charge in [0, 0.05) is 10.7 Å². The standard InChI is InChI=1S/C10H6BrF3N2O2/c1-4-2-5(11)3-16-6(9(17)18)7(10(12,13)14)15-8(4)16/h2-3H,1H3,(H,17,18). The van der Waals surface area contributed by atoms with Crippen LogP contribution in [0.3, 0.4) is 0 Å². The van der Waals surface area contributed by atoms with Crippen molar-refractivity contribution in [2.45, 2.75) is 13.1 Å². The van der Waals surface area contributed by atoms with Crippen molar-refractivity contribution in [3.63, 3.8) is 0 Å². The number of halogens is 4. The van der Waals surface area contributed by atoms with Crippen LogP contribution in [0.5, 0.6) is 0 Å². The van der Waals surface area contributed by atoms with Crippen molar-refractivity contribution in [3.05, 3.63) is 33.7 Å². The van der Waals surface area contributed by atoms with Gasteiger partial charge in [0.05, 0.1) is 0 Å². The summed E-state index contributed by atoms with van der Waals surface area (Å²) in [4.78, 5) is 14.4. The third-order valence-corrected chi connectivity index (χ3v) is 2.78. The molecule has 0 aliphatic rings. The van der Waals surface area contributed by atoms with Crippen molar-refractivity contribution in [1.29, 1.82) is 0 Å². The van der Waals surface area contributed by atoms with E-state index in [2.05, 4.69) is 20.9 Å². The van der Waals surface area contributed by atoms with Gasteiger partial charge in [-0.25, -0.2) is 9.78 Å². The van der Waals surface area contributed by atoms with Crippen LogP contribution in [0.2, 0.25) is 0 Å². The van der Waals surface area contributed by atoms with E-state index in [0.717, 1.165) is 4.40 Å². The fourth-order valence-corrected chi connectivity index (χ4v) is 2.22. The number of carbonyl (C=O) groups is 1. The molecule has 0 radical (unpaired) electrons. The molecule has 8 heteroatoms. The monoisotopic (exact) mass is 322 g/mol. The van der Waals surface area contributed by atoms with Crippen LogP contribution in [-0.4, -0.2) is 20.5 Å². The molecule has 18 heavy (non-hydrogen) atoms. The van der Waals surface area contributed by atoms with Crippen molar-refractivity contribution in [1.82, 2.24) is 9.38 Å². The van der Waals surface area contributed by atoms with Crippen LogP contribution in [-0.2, 0) is 6.18 Å². The second-order valence-electron chi connectivity index (χ2n) is 3.65. The summed E-state index contributed by atoms with van der Waals surface area (Å²) in [5.41, 5.74) is -1.86. The third kappa shape index (κ3) is 1.96. The smallest absolute Gasteiger partial charge is 0.435 e. The minimum Gasteiger partial charge on any atom is -0.476 e. The number of hydrogen-bond acceptors (Lipinski definition) is 2. The van der Waals surface area contributed by atoms with E-state index in [1.165, 1.54) is 6.20 Å². The van der Waals surface area contributed by atoms with Crippen LogP contribution in [0.25, 0.3) is 5.65 Å². The second-order valence-corrected chi connectivity index (χ2v) is 4.56. The minimum absolute atomic E-state index is 0.0251. The number of carboxylic acids is 1. The summed E-state index contributed by atoms with van der Waals surface area (Å²) in [5.74, 6) is -1.67. The van der Waals surface area contributed by atoms with E-state index in [4.69, 9.17) is 5.11 Å². The molecule has 0 saturated heterocycles. The maximum absolute atomic E-state index is 12.7. The van der Waals surface area contributed by atoms with Gasteiger partial charge in [-0.1, -0.05) is 0 Å². The Labute approximate surface area is 107 Å². The third-order valence-electron chi connectivity index (χ3n) is 2.34. The van der Waals surface area contributed by atoms with Crippen molar-refractivity contribution < 1.29 is 23.1 Å². The molecule has 2 heterocycles. The predicted octanol–water partition coefficient (Wildman–Crippen LogP) is 3.12. The molecule has 0 aliphatic heterocycles. The fraction of sp³-hybridized carbons (Fsp3) is 0.200. The average Bonchev–Trinajstić information content (AvgIpc) is 2.55. The summed E-state index contributed by atoms with van der Waals surface area (Å²) in [5, 5.41) is 8.92. The van der Waals surface area contributed by atoms with Gasteiger partial charge in [0.25, 0.3) is 0 Å². The molecule has 0 fully saturated rings. The largest absolute Gasteiger partial charge is 0.476 e. The number of alkyl halides is 3. The highest BCUT2D eigenvalue weighted by Gasteiger charge is 2.40. The highest BCUT2D eigenvalue weighted by atomic mass is 79.9. The molecule has 96 valence electrons. The van der Waals surface area contributed by atoms with E-state index in [1.807, 2.05) is 0 Å². The van der Waals surface area contributed by atoms with Gasteiger partial charge < -0.3 is 5.11 Å². The van der Waals surface area contributed by atoms with Crippen LogP contribution in [0.15, 0.2) is 16.7 Å². The van der Waals surface area contributed by atoms with Gasteiger partial charge in [0.1, 0.15) is 5.65 Å². The van der Waals surface area contributed by atoms with Gasteiger partial charge in [-0.3, -0.25) is 4.40 Å². The van der Waals surface area contributed by atoms with E-state index < -0.39 is 23.5 Å². The molecule has 1 N–H and O–H groups in total. The highest BCUT2D eigenvalue weighted by Crippen LogP contribution is 2.33. The van der Waals surface area contributed by atoms with E-state index in [-0.39, 0.29) is 5.65 Å². The topological polar surface area (TPSA) is 54.6 Å². The zero-order chi connectivity index (χ0) is 13.7. The van der Waals surface area contributed by atoms with Gasteiger partial charge >= 0.3 is 12.1 Å².